The maximum atomic E-state index is 11.9. The van der Waals surface area contributed by atoms with Crippen LogP contribution in [0.3, 0.4) is 0 Å². The van der Waals surface area contributed by atoms with Gasteiger partial charge in [-0.1, -0.05) is 30.3 Å². The zero-order valence-corrected chi connectivity index (χ0v) is 13.3. The molecule has 0 saturated heterocycles. The molecule has 23 heavy (non-hydrogen) atoms. The fourth-order valence-corrected chi connectivity index (χ4v) is 2.58. The zero-order chi connectivity index (χ0) is 16.1. The van der Waals surface area contributed by atoms with Crippen LogP contribution in [0.1, 0.15) is 23.2 Å². The van der Waals surface area contributed by atoms with Crippen LogP contribution >= 0.6 is 0 Å². The first-order valence-electron chi connectivity index (χ1n) is 7.95. The van der Waals surface area contributed by atoms with Crippen LogP contribution in [0.25, 0.3) is 5.65 Å². The summed E-state index contributed by atoms with van der Waals surface area (Å²) in [7, 11) is 0. The van der Waals surface area contributed by atoms with E-state index in [1.165, 1.54) is 11.1 Å². The molecule has 0 aliphatic carbocycles. The monoisotopic (exact) mass is 307 g/mol. The first-order chi connectivity index (χ1) is 11.2. The number of fused-ring (bicyclic) bond motifs is 1. The van der Waals surface area contributed by atoms with Gasteiger partial charge in [-0.25, -0.2) is 4.98 Å². The lowest BCUT2D eigenvalue weighted by molar-refractivity contribution is -0.121. The summed E-state index contributed by atoms with van der Waals surface area (Å²) in [6, 6.07) is 14.2. The second-order valence-corrected chi connectivity index (χ2v) is 5.79. The van der Waals surface area contributed by atoms with Crippen LogP contribution in [0.4, 0.5) is 0 Å². The number of nitrogens with one attached hydrogen (secondary N) is 1. The average molecular weight is 307 g/mol. The third-order valence-electron chi connectivity index (χ3n) is 3.85. The normalized spacial score (nSPS) is 10.8. The molecule has 0 unspecified atom stereocenters. The number of amides is 1. The van der Waals surface area contributed by atoms with Crippen molar-refractivity contribution >= 4 is 11.6 Å². The van der Waals surface area contributed by atoms with E-state index < -0.39 is 0 Å². The van der Waals surface area contributed by atoms with Crippen LogP contribution in [-0.4, -0.2) is 21.8 Å². The van der Waals surface area contributed by atoms with E-state index in [1.54, 1.807) is 0 Å². The fraction of sp³-hybridized carbons (Fsp3) is 0.263. The predicted octanol–water partition coefficient (Wildman–Crippen LogP) is 2.93. The number of rotatable bonds is 6. The standard InChI is InChI=1S/C19H21N3O/c1-15-10-12-22-14-17(21-18(22)13-15)9-11-20-19(23)8-7-16-5-3-2-4-6-16/h2-6,10,12-14H,7-9,11H2,1H3,(H,20,23). The highest BCUT2D eigenvalue weighted by molar-refractivity contribution is 5.76. The number of imidazole rings is 1. The zero-order valence-electron chi connectivity index (χ0n) is 13.3. The number of carbonyl (C=O) groups is 1. The van der Waals surface area contributed by atoms with Crippen molar-refractivity contribution in [3.63, 3.8) is 0 Å². The number of hydrogen-bond acceptors (Lipinski definition) is 2. The molecule has 4 nitrogen and oxygen atoms in total. The van der Waals surface area contributed by atoms with Gasteiger partial charge in [-0.3, -0.25) is 4.79 Å². The quantitative estimate of drug-likeness (QED) is 0.761. The molecule has 0 saturated carbocycles. The molecule has 0 bridgehead atoms. The first kappa shape index (κ1) is 15.3. The molecule has 0 spiro atoms. The van der Waals surface area contributed by atoms with Gasteiger partial charge in [0.05, 0.1) is 5.69 Å². The van der Waals surface area contributed by atoms with Crippen LogP contribution in [0.5, 0.6) is 0 Å². The molecule has 0 aliphatic rings. The largest absolute Gasteiger partial charge is 0.356 e. The number of carbonyl (C=O) groups excluding carboxylic acids is 1. The molecule has 0 fully saturated rings. The summed E-state index contributed by atoms with van der Waals surface area (Å²) in [5.41, 5.74) is 4.34. The molecule has 0 radical (unpaired) electrons. The fourth-order valence-electron chi connectivity index (χ4n) is 2.58. The molecule has 2 heterocycles. The number of benzene rings is 1. The number of hydrogen-bond donors (Lipinski definition) is 1. The van der Waals surface area contributed by atoms with Crippen LogP contribution < -0.4 is 5.32 Å². The summed E-state index contributed by atoms with van der Waals surface area (Å²) in [6.07, 6.45) is 6.08. The molecule has 1 amide bonds. The Kier molecular flexibility index (Phi) is 4.71. The lowest BCUT2D eigenvalue weighted by atomic mass is 10.1. The Morgan fingerprint density at radius 2 is 2.00 bits per heavy atom. The van der Waals surface area contributed by atoms with E-state index in [1.807, 2.05) is 47.1 Å². The summed E-state index contributed by atoms with van der Waals surface area (Å²) in [5.74, 6) is 0.0912. The van der Waals surface area contributed by atoms with Crippen molar-refractivity contribution in [3.05, 3.63) is 71.7 Å². The minimum absolute atomic E-state index is 0.0912. The molecule has 2 aromatic heterocycles. The smallest absolute Gasteiger partial charge is 0.220 e. The van der Waals surface area contributed by atoms with Crippen molar-refractivity contribution in [2.45, 2.75) is 26.2 Å². The van der Waals surface area contributed by atoms with Gasteiger partial charge in [-0.15, -0.1) is 0 Å². The molecule has 0 aliphatic heterocycles. The van der Waals surface area contributed by atoms with Crippen molar-refractivity contribution in [3.8, 4) is 0 Å². The van der Waals surface area contributed by atoms with Gasteiger partial charge in [-0.05, 0) is 36.6 Å². The van der Waals surface area contributed by atoms with E-state index >= 15 is 0 Å². The van der Waals surface area contributed by atoms with Crippen LogP contribution in [-0.2, 0) is 17.6 Å². The Morgan fingerprint density at radius 1 is 1.17 bits per heavy atom. The van der Waals surface area contributed by atoms with Crippen molar-refractivity contribution in [1.29, 1.82) is 0 Å². The van der Waals surface area contributed by atoms with Gasteiger partial charge in [0.1, 0.15) is 5.65 Å². The topological polar surface area (TPSA) is 46.4 Å². The lowest BCUT2D eigenvalue weighted by Crippen LogP contribution is -2.25. The molecular formula is C19H21N3O. The van der Waals surface area contributed by atoms with E-state index in [9.17, 15) is 4.79 Å². The van der Waals surface area contributed by atoms with E-state index in [-0.39, 0.29) is 5.91 Å². The minimum atomic E-state index is 0.0912. The second kappa shape index (κ2) is 7.09. The highest BCUT2D eigenvalue weighted by atomic mass is 16.1. The number of nitrogens with zero attached hydrogens (tertiary/aromatic N) is 2. The molecule has 3 rings (SSSR count). The molecule has 1 aromatic carbocycles. The van der Waals surface area contributed by atoms with Crippen molar-refractivity contribution < 1.29 is 4.79 Å². The third kappa shape index (κ3) is 4.19. The summed E-state index contributed by atoms with van der Waals surface area (Å²) >= 11 is 0. The SMILES string of the molecule is Cc1ccn2cc(CCNC(=O)CCc3ccccc3)nc2c1. The number of pyridine rings is 1. The highest BCUT2D eigenvalue weighted by Crippen LogP contribution is 2.08. The van der Waals surface area contributed by atoms with Crippen LogP contribution in [0, 0.1) is 6.92 Å². The lowest BCUT2D eigenvalue weighted by Gasteiger charge is -2.04. The Bertz CT molecular complexity index is 793. The Balaban J connectivity index is 1.45. The molecule has 118 valence electrons. The molecule has 4 heteroatoms. The predicted molar refractivity (Wildman–Crippen MR) is 91.4 cm³/mol. The molecule has 1 N–H and O–H groups in total. The van der Waals surface area contributed by atoms with Gasteiger partial charge in [0, 0.05) is 31.8 Å². The summed E-state index contributed by atoms with van der Waals surface area (Å²) in [5, 5.41) is 2.97. The van der Waals surface area contributed by atoms with E-state index in [4.69, 9.17) is 0 Å². The molecular weight excluding hydrogens is 286 g/mol. The highest BCUT2D eigenvalue weighted by Gasteiger charge is 2.04. The van der Waals surface area contributed by atoms with Gasteiger partial charge in [0.2, 0.25) is 5.91 Å². The third-order valence-corrected chi connectivity index (χ3v) is 3.85. The second-order valence-electron chi connectivity index (χ2n) is 5.79. The van der Waals surface area contributed by atoms with Gasteiger partial charge in [0.15, 0.2) is 0 Å². The van der Waals surface area contributed by atoms with Gasteiger partial charge >= 0.3 is 0 Å². The number of aromatic nitrogens is 2. The van der Waals surface area contributed by atoms with Crippen LogP contribution in [0.15, 0.2) is 54.9 Å². The van der Waals surface area contributed by atoms with Crippen molar-refractivity contribution in [1.82, 2.24) is 14.7 Å². The van der Waals surface area contributed by atoms with Crippen LogP contribution in [0.2, 0.25) is 0 Å². The Morgan fingerprint density at radius 3 is 2.83 bits per heavy atom. The summed E-state index contributed by atoms with van der Waals surface area (Å²) in [6.45, 7) is 2.68. The Hall–Kier alpha value is -2.62. The maximum Gasteiger partial charge on any atom is 0.220 e. The van der Waals surface area contributed by atoms with E-state index in [2.05, 4.69) is 29.4 Å². The Labute approximate surface area is 136 Å². The van der Waals surface area contributed by atoms with Gasteiger partial charge < -0.3 is 9.72 Å². The van der Waals surface area contributed by atoms with Gasteiger partial charge in [0.25, 0.3) is 0 Å². The van der Waals surface area contributed by atoms with Crippen molar-refractivity contribution in [2.75, 3.05) is 6.54 Å². The van der Waals surface area contributed by atoms with Gasteiger partial charge in [-0.2, -0.15) is 0 Å². The molecule has 3 aromatic rings. The van der Waals surface area contributed by atoms with E-state index in [0.717, 1.165) is 24.2 Å². The summed E-state index contributed by atoms with van der Waals surface area (Å²) in [4.78, 5) is 16.5. The molecule has 0 atom stereocenters. The first-order valence-corrected chi connectivity index (χ1v) is 7.95. The minimum Gasteiger partial charge on any atom is -0.356 e. The average Bonchev–Trinajstić information content (AvgIpc) is 2.95. The number of aryl methyl sites for hydroxylation is 2. The summed E-state index contributed by atoms with van der Waals surface area (Å²) < 4.78 is 2.01. The van der Waals surface area contributed by atoms with E-state index in [0.29, 0.717) is 13.0 Å². The van der Waals surface area contributed by atoms with Crippen molar-refractivity contribution in [2.24, 2.45) is 0 Å². The maximum absolute atomic E-state index is 11.9.